The zero-order chi connectivity index (χ0) is 17.5. The van der Waals surface area contributed by atoms with Gasteiger partial charge in [-0.3, -0.25) is 9.48 Å². The number of unbranched alkanes of at least 4 members (excludes halogenated alkanes) is 1. The molecule has 0 fully saturated rings. The molecule has 2 aromatic rings. The van der Waals surface area contributed by atoms with Crippen molar-refractivity contribution >= 4 is 18.3 Å². The summed E-state index contributed by atoms with van der Waals surface area (Å²) >= 11 is 0. The number of nitrogens with one attached hydrogen (secondary N) is 1. The molecule has 3 N–H and O–H groups in total. The Morgan fingerprint density at radius 1 is 1.28 bits per heavy atom. The fourth-order valence-corrected chi connectivity index (χ4v) is 2.74. The highest BCUT2D eigenvalue weighted by Crippen LogP contribution is 2.10. The van der Waals surface area contributed by atoms with Gasteiger partial charge in [-0.25, -0.2) is 0 Å². The highest BCUT2D eigenvalue weighted by atomic mass is 35.5. The van der Waals surface area contributed by atoms with Crippen LogP contribution in [0.5, 0.6) is 0 Å². The summed E-state index contributed by atoms with van der Waals surface area (Å²) in [5, 5.41) is 7.48. The van der Waals surface area contributed by atoms with Crippen molar-refractivity contribution in [2.75, 3.05) is 6.54 Å². The number of hydrogen-bond donors (Lipinski definition) is 2. The molecule has 1 unspecified atom stereocenters. The number of carbonyl (C=O) groups is 1. The lowest BCUT2D eigenvalue weighted by molar-refractivity contribution is 0.0936. The van der Waals surface area contributed by atoms with E-state index in [1.807, 2.05) is 42.8 Å². The van der Waals surface area contributed by atoms with Crippen LogP contribution in [0, 0.1) is 13.8 Å². The van der Waals surface area contributed by atoms with Gasteiger partial charge >= 0.3 is 0 Å². The van der Waals surface area contributed by atoms with E-state index in [1.54, 1.807) is 0 Å². The van der Waals surface area contributed by atoms with E-state index in [-0.39, 0.29) is 24.4 Å². The Kier molecular flexibility index (Phi) is 8.66. The predicted octanol–water partition coefficient (Wildman–Crippen LogP) is 3.22. The van der Waals surface area contributed by atoms with Gasteiger partial charge in [-0.1, -0.05) is 31.9 Å². The third-order valence-electron chi connectivity index (χ3n) is 4.18. The molecule has 0 aliphatic heterocycles. The largest absolute Gasteiger partial charge is 0.348 e. The fraction of sp³-hybridized carbons (Fsp3) is 0.474. The van der Waals surface area contributed by atoms with Crippen LogP contribution < -0.4 is 11.1 Å². The smallest absolute Gasteiger partial charge is 0.251 e. The van der Waals surface area contributed by atoms with Gasteiger partial charge in [0.25, 0.3) is 5.91 Å². The van der Waals surface area contributed by atoms with Gasteiger partial charge in [0, 0.05) is 23.8 Å². The van der Waals surface area contributed by atoms with Crippen molar-refractivity contribution in [3.05, 3.63) is 52.8 Å². The molecule has 0 radical (unpaired) electrons. The Hall–Kier alpha value is -1.85. The summed E-state index contributed by atoms with van der Waals surface area (Å²) in [5.41, 5.74) is 9.69. The summed E-state index contributed by atoms with van der Waals surface area (Å²) in [6.07, 6.45) is 3.10. The Balaban J connectivity index is 0.00000312. The first-order chi connectivity index (χ1) is 11.5. The van der Waals surface area contributed by atoms with Crippen molar-refractivity contribution in [1.29, 1.82) is 0 Å². The second kappa shape index (κ2) is 10.2. The highest BCUT2D eigenvalue weighted by Gasteiger charge is 2.12. The number of aromatic nitrogens is 2. The van der Waals surface area contributed by atoms with Crippen LogP contribution in [0.1, 0.15) is 53.5 Å². The van der Waals surface area contributed by atoms with Crippen molar-refractivity contribution < 1.29 is 4.79 Å². The number of hydrogen-bond acceptors (Lipinski definition) is 3. The zero-order valence-electron chi connectivity index (χ0n) is 15.3. The minimum absolute atomic E-state index is 0. The summed E-state index contributed by atoms with van der Waals surface area (Å²) in [5.74, 6) is -0.0563. The molecule has 0 bridgehead atoms. The highest BCUT2D eigenvalue weighted by molar-refractivity contribution is 5.94. The van der Waals surface area contributed by atoms with Crippen LogP contribution in [0.15, 0.2) is 30.3 Å². The quantitative estimate of drug-likeness (QED) is 0.755. The summed E-state index contributed by atoms with van der Waals surface area (Å²) in [4.78, 5) is 12.3. The molecule has 0 aliphatic rings. The van der Waals surface area contributed by atoms with Gasteiger partial charge < -0.3 is 11.1 Å². The van der Waals surface area contributed by atoms with E-state index in [0.717, 1.165) is 36.2 Å². The first-order valence-corrected chi connectivity index (χ1v) is 8.64. The van der Waals surface area contributed by atoms with Crippen molar-refractivity contribution in [3.63, 3.8) is 0 Å². The molecule has 2 rings (SSSR count). The Labute approximate surface area is 156 Å². The monoisotopic (exact) mass is 364 g/mol. The van der Waals surface area contributed by atoms with E-state index >= 15 is 0 Å². The Morgan fingerprint density at radius 3 is 2.48 bits per heavy atom. The van der Waals surface area contributed by atoms with E-state index < -0.39 is 0 Å². The van der Waals surface area contributed by atoms with Crippen molar-refractivity contribution in [3.8, 4) is 0 Å². The molecule has 0 saturated heterocycles. The molecule has 25 heavy (non-hydrogen) atoms. The lowest BCUT2D eigenvalue weighted by Gasteiger charge is -2.16. The molecular weight excluding hydrogens is 336 g/mol. The van der Waals surface area contributed by atoms with Crippen molar-refractivity contribution in [2.45, 2.75) is 52.6 Å². The lowest BCUT2D eigenvalue weighted by Crippen LogP contribution is -2.40. The zero-order valence-corrected chi connectivity index (χ0v) is 16.1. The van der Waals surface area contributed by atoms with Crippen LogP contribution in [0.4, 0.5) is 0 Å². The van der Waals surface area contributed by atoms with Crippen LogP contribution in [0.25, 0.3) is 0 Å². The number of benzene rings is 1. The summed E-state index contributed by atoms with van der Waals surface area (Å²) in [6.45, 7) is 7.36. The number of aryl methyl sites for hydroxylation is 2. The molecule has 1 aromatic heterocycles. The molecule has 138 valence electrons. The number of nitrogens with two attached hydrogens (primary N) is 1. The van der Waals surface area contributed by atoms with Gasteiger partial charge in [-0.05, 0) is 44.0 Å². The van der Waals surface area contributed by atoms with Crippen LogP contribution in [0.3, 0.4) is 0 Å². The van der Waals surface area contributed by atoms with Gasteiger partial charge in [0.1, 0.15) is 0 Å². The Bertz CT molecular complexity index is 667. The summed E-state index contributed by atoms with van der Waals surface area (Å²) in [7, 11) is 0. The van der Waals surface area contributed by atoms with E-state index in [0.29, 0.717) is 18.7 Å². The van der Waals surface area contributed by atoms with Gasteiger partial charge in [0.15, 0.2) is 0 Å². The number of amides is 1. The van der Waals surface area contributed by atoms with E-state index in [1.165, 1.54) is 0 Å². The molecule has 6 heteroatoms. The second-order valence-electron chi connectivity index (χ2n) is 6.33. The van der Waals surface area contributed by atoms with E-state index in [4.69, 9.17) is 5.73 Å². The molecule has 5 nitrogen and oxygen atoms in total. The Morgan fingerprint density at radius 2 is 1.96 bits per heavy atom. The standard InChI is InChI=1S/C19H28N4O.ClH/c1-4-5-6-18(12-20)21-19(24)17-9-7-16(8-10-17)13-23-15(3)11-14(2)22-23;/h7-11,18H,4-6,12-13,20H2,1-3H3,(H,21,24);1H. The lowest BCUT2D eigenvalue weighted by atomic mass is 10.1. The average molecular weight is 365 g/mol. The van der Waals surface area contributed by atoms with Gasteiger partial charge in [0.2, 0.25) is 0 Å². The average Bonchev–Trinajstić information content (AvgIpc) is 2.89. The molecular formula is C19H29ClN4O. The van der Waals surface area contributed by atoms with Crippen LogP contribution >= 0.6 is 12.4 Å². The van der Waals surface area contributed by atoms with E-state index in [9.17, 15) is 4.79 Å². The minimum atomic E-state index is -0.0563. The predicted molar refractivity (Wildman–Crippen MR) is 104 cm³/mol. The van der Waals surface area contributed by atoms with E-state index in [2.05, 4.69) is 23.4 Å². The number of rotatable bonds is 8. The number of nitrogens with zero attached hydrogens (tertiary/aromatic N) is 2. The van der Waals surface area contributed by atoms with Crippen LogP contribution in [0.2, 0.25) is 0 Å². The van der Waals surface area contributed by atoms with Gasteiger partial charge in [0.05, 0.1) is 12.2 Å². The maximum Gasteiger partial charge on any atom is 0.251 e. The van der Waals surface area contributed by atoms with Crippen LogP contribution in [-0.4, -0.2) is 28.3 Å². The SMILES string of the molecule is CCCCC(CN)NC(=O)c1ccc(Cn2nc(C)cc2C)cc1.Cl. The third-order valence-corrected chi connectivity index (χ3v) is 4.18. The van der Waals surface area contributed by atoms with Crippen molar-refractivity contribution in [1.82, 2.24) is 15.1 Å². The first kappa shape index (κ1) is 21.2. The van der Waals surface area contributed by atoms with Crippen LogP contribution in [-0.2, 0) is 6.54 Å². The second-order valence-corrected chi connectivity index (χ2v) is 6.33. The molecule has 0 saturated carbocycles. The molecule has 0 aliphatic carbocycles. The first-order valence-electron chi connectivity index (χ1n) is 8.64. The van der Waals surface area contributed by atoms with Crippen molar-refractivity contribution in [2.24, 2.45) is 5.73 Å². The minimum Gasteiger partial charge on any atom is -0.348 e. The normalized spacial score (nSPS) is 11.7. The number of carbonyl (C=O) groups excluding carboxylic acids is 1. The third kappa shape index (κ3) is 6.18. The molecule has 1 heterocycles. The fourth-order valence-electron chi connectivity index (χ4n) is 2.74. The van der Waals surface area contributed by atoms with Gasteiger partial charge in [-0.2, -0.15) is 5.10 Å². The topological polar surface area (TPSA) is 72.9 Å². The van der Waals surface area contributed by atoms with Gasteiger partial charge in [-0.15, -0.1) is 12.4 Å². The molecule has 1 amide bonds. The number of halogens is 1. The maximum atomic E-state index is 12.3. The summed E-state index contributed by atoms with van der Waals surface area (Å²) in [6, 6.07) is 9.80. The molecule has 0 spiro atoms. The molecule has 1 aromatic carbocycles. The summed E-state index contributed by atoms with van der Waals surface area (Å²) < 4.78 is 1.97. The molecule has 1 atom stereocenters. The maximum absolute atomic E-state index is 12.3.